The number of hydrogen-bond donors (Lipinski definition) is 1. The van der Waals surface area contributed by atoms with E-state index in [1.165, 1.54) is 17.7 Å². The number of thiophene rings is 1. The predicted octanol–water partition coefficient (Wildman–Crippen LogP) is 3.36. The minimum Gasteiger partial charge on any atom is -0.368 e. The molecule has 0 radical (unpaired) electrons. The summed E-state index contributed by atoms with van der Waals surface area (Å²) in [6, 6.07) is 1.84. The number of nitrogens with zero attached hydrogens (tertiary/aromatic N) is 2. The fourth-order valence-corrected chi connectivity index (χ4v) is 2.50. The van der Waals surface area contributed by atoms with Crippen molar-refractivity contribution >= 4 is 39.1 Å². The van der Waals surface area contributed by atoms with Gasteiger partial charge in [0, 0.05) is 12.3 Å². The molecule has 3 nitrogen and oxygen atoms in total. The second-order valence-electron chi connectivity index (χ2n) is 3.08. The molecule has 0 aliphatic rings. The molecule has 0 bridgehead atoms. The van der Waals surface area contributed by atoms with Gasteiger partial charge in [-0.15, -0.1) is 11.3 Å². The van der Waals surface area contributed by atoms with Crippen molar-refractivity contribution in [3.63, 3.8) is 0 Å². The van der Waals surface area contributed by atoms with Gasteiger partial charge in [-0.05, 0) is 23.2 Å². The topological polar surface area (TPSA) is 37.8 Å². The quantitative estimate of drug-likeness (QED) is 0.871. The highest BCUT2D eigenvalue weighted by Crippen LogP contribution is 2.30. The molecule has 2 aromatic rings. The van der Waals surface area contributed by atoms with Crippen LogP contribution in [0.25, 0.3) is 10.2 Å². The molecule has 8 heteroatoms. The lowest BCUT2D eigenvalue weighted by atomic mass is 10.4. The lowest BCUT2D eigenvalue weighted by Crippen LogP contribution is -2.10. The maximum atomic E-state index is 11.9. The number of fused-ring (bicyclic) bond motifs is 1. The second-order valence-corrected chi connectivity index (χ2v) is 5.15. The van der Waals surface area contributed by atoms with Gasteiger partial charge in [-0.25, -0.2) is 9.97 Å². The highest BCUT2D eigenvalue weighted by atomic mass is 32.2. The van der Waals surface area contributed by atoms with E-state index in [-0.39, 0.29) is 24.1 Å². The first kappa shape index (κ1) is 12.4. The van der Waals surface area contributed by atoms with Crippen LogP contribution in [-0.2, 0) is 0 Å². The van der Waals surface area contributed by atoms with Crippen molar-refractivity contribution in [1.29, 1.82) is 0 Å². The van der Waals surface area contributed by atoms with E-state index in [2.05, 4.69) is 15.3 Å². The molecule has 0 unspecified atom stereocenters. The summed E-state index contributed by atoms with van der Waals surface area (Å²) in [7, 11) is 0. The lowest BCUT2D eigenvalue weighted by molar-refractivity contribution is -0.0327. The number of anilines is 1. The average molecular weight is 279 g/mol. The van der Waals surface area contributed by atoms with Gasteiger partial charge in [-0.2, -0.15) is 13.2 Å². The van der Waals surface area contributed by atoms with Crippen LogP contribution in [0, 0.1) is 0 Å². The van der Waals surface area contributed by atoms with Gasteiger partial charge >= 0.3 is 5.51 Å². The van der Waals surface area contributed by atoms with Crippen molar-refractivity contribution in [2.45, 2.75) is 5.51 Å². The fraction of sp³-hybridized carbons (Fsp3) is 0.333. The molecule has 92 valence electrons. The van der Waals surface area contributed by atoms with Crippen LogP contribution in [0.1, 0.15) is 0 Å². The Morgan fingerprint density at radius 1 is 1.35 bits per heavy atom. The predicted molar refractivity (Wildman–Crippen MR) is 64.4 cm³/mol. The first-order valence-corrected chi connectivity index (χ1v) is 6.55. The van der Waals surface area contributed by atoms with Gasteiger partial charge in [0.2, 0.25) is 0 Å². The van der Waals surface area contributed by atoms with Gasteiger partial charge in [0.15, 0.2) is 0 Å². The normalized spacial score (nSPS) is 11.9. The Morgan fingerprint density at radius 2 is 2.18 bits per heavy atom. The molecular formula is C9H8F3N3S2. The summed E-state index contributed by atoms with van der Waals surface area (Å²) in [5, 5.41) is 4.75. The van der Waals surface area contributed by atoms with Gasteiger partial charge in [0.05, 0.1) is 10.2 Å². The van der Waals surface area contributed by atoms with Gasteiger partial charge < -0.3 is 5.32 Å². The average Bonchev–Trinajstić information content (AvgIpc) is 2.71. The molecule has 2 rings (SSSR count). The molecule has 0 aliphatic heterocycles. The number of aromatic nitrogens is 2. The first-order valence-electron chi connectivity index (χ1n) is 4.69. The zero-order valence-corrected chi connectivity index (χ0v) is 10.1. The fourth-order valence-electron chi connectivity index (χ4n) is 1.25. The Labute approximate surface area is 103 Å². The molecule has 0 saturated carbocycles. The van der Waals surface area contributed by atoms with Crippen LogP contribution in [0.15, 0.2) is 17.8 Å². The Balaban J connectivity index is 1.93. The van der Waals surface area contributed by atoms with E-state index in [1.807, 2.05) is 11.4 Å². The Bertz CT molecular complexity index is 497. The van der Waals surface area contributed by atoms with Crippen LogP contribution in [0.3, 0.4) is 0 Å². The number of halogens is 3. The molecular weight excluding hydrogens is 271 g/mol. The third-order valence-electron chi connectivity index (χ3n) is 1.90. The van der Waals surface area contributed by atoms with E-state index in [0.717, 1.165) is 10.2 Å². The monoisotopic (exact) mass is 279 g/mol. The summed E-state index contributed by atoms with van der Waals surface area (Å²) >= 11 is 1.42. The van der Waals surface area contributed by atoms with Crippen molar-refractivity contribution in [2.75, 3.05) is 17.6 Å². The smallest absolute Gasteiger partial charge is 0.368 e. The van der Waals surface area contributed by atoms with Crippen molar-refractivity contribution < 1.29 is 13.2 Å². The molecule has 0 atom stereocenters. The van der Waals surface area contributed by atoms with Crippen molar-refractivity contribution in [1.82, 2.24) is 9.97 Å². The van der Waals surface area contributed by atoms with Crippen LogP contribution < -0.4 is 5.32 Å². The Morgan fingerprint density at radius 3 is 2.94 bits per heavy atom. The van der Waals surface area contributed by atoms with Crippen LogP contribution in [0.2, 0.25) is 0 Å². The molecule has 0 amide bonds. The SMILES string of the molecule is FC(F)(F)SCCNc1ncnc2ccsc12. The molecule has 0 aliphatic carbocycles. The number of nitrogens with one attached hydrogen (secondary N) is 1. The summed E-state index contributed by atoms with van der Waals surface area (Å²) in [6.07, 6.45) is 1.40. The van der Waals surface area contributed by atoms with E-state index < -0.39 is 5.51 Å². The Hall–Kier alpha value is -1.02. The summed E-state index contributed by atoms with van der Waals surface area (Å²) in [5.41, 5.74) is -3.37. The molecule has 17 heavy (non-hydrogen) atoms. The minimum atomic E-state index is -4.17. The number of thioether (sulfide) groups is 1. The maximum absolute atomic E-state index is 11.9. The first-order chi connectivity index (χ1) is 8.06. The van der Waals surface area contributed by atoms with Gasteiger partial charge in [0.25, 0.3) is 0 Å². The minimum absolute atomic E-state index is 0.0413. The van der Waals surface area contributed by atoms with Crippen molar-refractivity contribution in [3.05, 3.63) is 17.8 Å². The molecule has 0 saturated heterocycles. The third kappa shape index (κ3) is 3.47. The number of alkyl halides is 3. The standard InChI is InChI=1S/C9H8F3N3S2/c10-9(11,12)17-4-2-13-8-7-6(1-3-16-7)14-5-15-8/h1,3,5H,2,4H2,(H,13,14,15). The van der Waals surface area contributed by atoms with Crippen LogP contribution in [0.5, 0.6) is 0 Å². The molecule has 1 N–H and O–H groups in total. The van der Waals surface area contributed by atoms with Crippen molar-refractivity contribution in [3.8, 4) is 0 Å². The molecule has 2 aromatic heterocycles. The lowest BCUT2D eigenvalue weighted by Gasteiger charge is -2.07. The van der Waals surface area contributed by atoms with E-state index in [1.54, 1.807) is 0 Å². The van der Waals surface area contributed by atoms with Gasteiger partial charge in [-0.1, -0.05) is 0 Å². The van der Waals surface area contributed by atoms with Crippen LogP contribution in [0.4, 0.5) is 19.0 Å². The molecule has 0 spiro atoms. The molecule has 0 aromatic carbocycles. The Kier molecular flexibility index (Phi) is 3.72. The zero-order valence-electron chi connectivity index (χ0n) is 8.49. The second kappa shape index (κ2) is 5.09. The van der Waals surface area contributed by atoms with E-state index in [4.69, 9.17) is 0 Å². The third-order valence-corrected chi connectivity index (χ3v) is 3.55. The van der Waals surface area contributed by atoms with Crippen molar-refractivity contribution in [2.24, 2.45) is 0 Å². The largest absolute Gasteiger partial charge is 0.441 e. The summed E-state index contributed by atoms with van der Waals surface area (Å²) in [4.78, 5) is 8.05. The highest BCUT2D eigenvalue weighted by Gasteiger charge is 2.27. The van der Waals surface area contributed by atoms with Gasteiger partial charge in [0.1, 0.15) is 12.1 Å². The van der Waals surface area contributed by atoms with Crippen LogP contribution >= 0.6 is 23.1 Å². The van der Waals surface area contributed by atoms with E-state index in [9.17, 15) is 13.2 Å². The molecule has 0 fully saturated rings. The summed E-state index contributed by atoms with van der Waals surface area (Å²) in [5.74, 6) is 0.549. The van der Waals surface area contributed by atoms with E-state index in [0.29, 0.717) is 5.82 Å². The highest BCUT2D eigenvalue weighted by molar-refractivity contribution is 8.00. The number of hydrogen-bond acceptors (Lipinski definition) is 5. The zero-order chi connectivity index (χ0) is 12.3. The van der Waals surface area contributed by atoms with Crippen LogP contribution in [-0.4, -0.2) is 27.8 Å². The maximum Gasteiger partial charge on any atom is 0.441 e. The number of rotatable bonds is 4. The summed E-state index contributed by atoms with van der Waals surface area (Å²) < 4.78 is 36.6. The van der Waals surface area contributed by atoms with E-state index >= 15 is 0 Å². The summed E-state index contributed by atoms with van der Waals surface area (Å²) in [6.45, 7) is 0.216. The van der Waals surface area contributed by atoms with Gasteiger partial charge in [-0.3, -0.25) is 0 Å². The molecule has 2 heterocycles.